The Bertz CT molecular complexity index is 2620. The molecule has 0 aliphatic carbocycles. The monoisotopic (exact) mass is 1250 g/mol. The van der Waals surface area contributed by atoms with E-state index in [1.165, 1.54) is 89.7 Å². The lowest BCUT2D eigenvalue weighted by Crippen LogP contribution is -2.64. The molecule has 11 amide bonds. The summed E-state index contributed by atoms with van der Waals surface area (Å²) >= 11 is 0. The Labute approximate surface area is 531 Å². The Hall–Kier alpha value is -6.62. The minimum Gasteiger partial charge on any atom is -0.459 e. The van der Waals surface area contributed by atoms with Gasteiger partial charge in [-0.15, -0.1) is 0 Å². The van der Waals surface area contributed by atoms with Gasteiger partial charge in [0.05, 0.1) is 7.92 Å². The Balaban J connectivity index is 4.52. The minimum atomic E-state index is -2.83. The van der Waals surface area contributed by atoms with Gasteiger partial charge in [-0.05, 0) is 101 Å². The van der Waals surface area contributed by atoms with E-state index in [0.717, 1.165) is 27.7 Å². The number of allylic oxidation sites excluding steroid dienone is 2. The number of rotatable bonds is 16. The third kappa shape index (κ3) is 22.5. The summed E-state index contributed by atoms with van der Waals surface area (Å²) in [4.78, 5) is 183. The molecule has 12 atom stereocenters. The number of hydrogen-bond donors (Lipinski definition) is 4. The topological polar surface area (TPSA) is 285 Å². The van der Waals surface area contributed by atoms with Crippen LogP contribution in [-0.4, -0.2) is 228 Å². The normalized spacial score (nSPS) is 27.2. The highest BCUT2D eigenvalue weighted by molar-refractivity contribution is 5.99. The molecular weight excluding hydrogens is 1130 g/mol. The molecule has 12 unspecified atom stereocenters. The van der Waals surface area contributed by atoms with E-state index in [1.54, 1.807) is 34.6 Å². The maximum Gasteiger partial charge on any atom is 0.303 e. The summed E-state index contributed by atoms with van der Waals surface area (Å²) in [5.41, 5.74) is 0. The minimum absolute atomic E-state index is 0.0673. The van der Waals surface area contributed by atoms with Crippen LogP contribution < -0.4 is 21.3 Å². The number of esters is 1. The van der Waals surface area contributed by atoms with Crippen LogP contribution in [0.25, 0.3) is 0 Å². The average Bonchev–Trinajstić information content (AvgIpc) is 0.803. The third-order valence-electron chi connectivity index (χ3n) is 16.2. The van der Waals surface area contributed by atoms with Crippen molar-refractivity contribution < 1.29 is 67.8 Å². The van der Waals surface area contributed by atoms with Gasteiger partial charge in [0.1, 0.15) is 66.5 Å². The molecule has 0 aromatic rings. The second kappa shape index (κ2) is 36.1. The van der Waals surface area contributed by atoms with Crippen LogP contribution >= 0.6 is 0 Å². The van der Waals surface area contributed by atoms with Crippen molar-refractivity contribution in [2.24, 2.45) is 41.4 Å². The molecule has 0 aromatic carbocycles. The molecule has 1 aliphatic rings. The van der Waals surface area contributed by atoms with Crippen LogP contribution in [0.2, 0.25) is 0 Å². The fraction of sp³-hybridized carbons (Fsp3) is 0.781. The standard InChI is InChI=1S/C64H113N11O13/c1-26-28-29-41(15)54(88-44(18)76)53-58(81)67-45(27-2)60(83)69(19)34-50(77)70(20)46(30-35(3)4)57(80)68-51(39(11)12)63(86)71(21)47(31-36(5)6)56(79)65-42(16)55(78)66-43(17)59(82)72(22)48(32-37(7)8)61(84)73(23)49(33-38(9)10)62(85)74(24)52(40(13)14)64(87)75(53)25/h26,28,35-43,45-49,51-54H,27,29-34H2,1-25H3,(H,65,79)(H,66,78)(H,67,81)(H,68,80)/b28-26+/i1D3,26D. The van der Waals surface area contributed by atoms with Crippen LogP contribution in [0, 0.1) is 41.4 Å². The number of carbonyl (C=O) groups is 12. The molecule has 0 spiro atoms. The quantitative estimate of drug-likeness (QED) is 0.126. The number of ether oxygens (including phenoxy) is 1. The summed E-state index contributed by atoms with van der Waals surface area (Å²) in [6.07, 6.45) is -0.467. The number of nitrogens with zero attached hydrogens (tertiary/aromatic N) is 7. The van der Waals surface area contributed by atoms with Gasteiger partial charge in [-0.2, -0.15) is 0 Å². The van der Waals surface area contributed by atoms with E-state index in [9.17, 15) is 38.4 Å². The summed E-state index contributed by atoms with van der Waals surface area (Å²) in [7, 11) is 9.52. The molecule has 0 bridgehead atoms. The van der Waals surface area contributed by atoms with E-state index in [0.29, 0.717) is 0 Å². The number of carbonyl (C=O) groups excluding carboxylic acids is 12. The van der Waals surface area contributed by atoms with E-state index in [4.69, 9.17) is 10.2 Å². The summed E-state index contributed by atoms with van der Waals surface area (Å²) in [5.74, 6) is -12.2. The Morgan fingerprint density at radius 3 is 1.41 bits per heavy atom. The van der Waals surface area contributed by atoms with Gasteiger partial charge in [-0.1, -0.05) is 109 Å². The van der Waals surface area contributed by atoms with Crippen molar-refractivity contribution >= 4 is 70.9 Å². The van der Waals surface area contributed by atoms with Crippen LogP contribution in [0.1, 0.15) is 169 Å². The van der Waals surface area contributed by atoms with E-state index < -0.39 is 175 Å². The zero-order chi connectivity index (χ0) is 71.6. The first-order chi connectivity index (χ1) is 42.2. The van der Waals surface area contributed by atoms with Crippen LogP contribution in [0.15, 0.2) is 12.1 Å². The highest BCUT2D eigenvalue weighted by Crippen LogP contribution is 2.27. The van der Waals surface area contributed by atoms with Crippen molar-refractivity contribution in [3.8, 4) is 0 Å². The van der Waals surface area contributed by atoms with Gasteiger partial charge in [0.15, 0.2) is 0 Å². The molecule has 1 aliphatic heterocycles. The van der Waals surface area contributed by atoms with E-state index >= 15 is 19.2 Å². The second-order valence-corrected chi connectivity index (χ2v) is 26.5. The average molecular weight is 1250 g/mol. The maximum atomic E-state index is 15.5. The summed E-state index contributed by atoms with van der Waals surface area (Å²) in [5, 5.41) is 10.9. The highest BCUT2D eigenvalue weighted by atomic mass is 16.5. The lowest BCUT2D eigenvalue weighted by Gasteiger charge is -2.42. The number of likely N-dealkylation sites (N-methyl/N-ethyl adjacent to an activating group) is 7. The van der Waals surface area contributed by atoms with Gasteiger partial charge >= 0.3 is 5.97 Å². The molecule has 0 radical (unpaired) electrons. The molecule has 1 heterocycles. The van der Waals surface area contributed by atoms with Crippen molar-refractivity contribution in [2.75, 3.05) is 55.9 Å². The molecule has 1 rings (SSSR count). The Morgan fingerprint density at radius 2 is 0.955 bits per heavy atom. The molecule has 24 heteroatoms. The number of hydrogen-bond acceptors (Lipinski definition) is 13. The lowest BCUT2D eigenvalue weighted by atomic mass is 9.91. The first-order valence-electron chi connectivity index (χ1n) is 33.1. The third-order valence-corrected chi connectivity index (χ3v) is 16.2. The molecule has 0 saturated carbocycles. The van der Waals surface area contributed by atoms with E-state index in [-0.39, 0.29) is 62.2 Å². The molecule has 4 N–H and O–H groups in total. The molecule has 0 aromatic heterocycles. The first kappa shape index (κ1) is 72.1. The van der Waals surface area contributed by atoms with Gasteiger partial charge < -0.3 is 60.3 Å². The van der Waals surface area contributed by atoms with Crippen molar-refractivity contribution in [1.29, 1.82) is 0 Å². The molecular formula is C64H113N11O13. The molecule has 1 fully saturated rings. The summed E-state index contributed by atoms with van der Waals surface area (Å²) in [6, 6.07) is -14.0. The van der Waals surface area contributed by atoms with E-state index in [1.807, 2.05) is 55.4 Å². The fourth-order valence-electron chi connectivity index (χ4n) is 10.9. The number of amides is 11. The van der Waals surface area contributed by atoms with Crippen molar-refractivity contribution in [3.05, 3.63) is 12.1 Å². The maximum absolute atomic E-state index is 15.5. The smallest absolute Gasteiger partial charge is 0.303 e. The van der Waals surface area contributed by atoms with Gasteiger partial charge in [-0.25, -0.2) is 0 Å². The Kier molecular flexibility index (Phi) is 29.6. The van der Waals surface area contributed by atoms with Gasteiger partial charge in [0.2, 0.25) is 65.0 Å². The predicted molar refractivity (Wildman–Crippen MR) is 338 cm³/mol. The second-order valence-electron chi connectivity index (χ2n) is 26.5. The number of nitrogens with one attached hydrogen (secondary N) is 4. The van der Waals surface area contributed by atoms with Gasteiger partial charge in [0.25, 0.3) is 0 Å². The molecule has 502 valence electrons. The van der Waals surface area contributed by atoms with Gasteiger partial charge in [0, 0.05) is 60.4 Å². The van der Waals surface area contributed by atoms with Gasteiger partial charge in [-0.3, -0.25) is 57.5 Å². The zero-order valence-corrected chi connectivity index (χ0v) is 57.4. The van der Waals surface area contributed by atoms with Crippen molar-refractivity contribution in [3.63, 3.8) is 0 Å². The van der Waals surface area contributed by atoms with Crippen molar-refractivity contribution in [1.82, 2.24) is 55.6 Å². The van der Waals surface area contributed by atoms with Crippen molar-refractivity contribution in [2.45, 2.75) is 230 Å². The Morgan fingerprint density at radius 1 is 0.523 bits per heavy atom. The predicted octanol–water partition coefficient (Wildman–Crippen LogP) is 3.84. The summed E-state index contributed by atoms with van der Waals surface area (Å²) < 4.78 is 37.4. The fourth-order valence-corrected chi connectivity index (χ4v) is 10.9. The van der Waals surface area contributed by atoms with Crippen LogP contribution in [-0.2, 0) is 62.3 Å². The zero-order valence-electron chi connectivity index (χ0n) is 61.4. The molecule has 1 saturated heterocycles. The largest absolute Gasteiger partial charge is 0.459 e. The van der Waals surface area contributed by atoms with E-state index in [2.05, 4.69) is 21.3 Å². The highest BCUT2D eigenvalue weighted by Gasteiger charge is 2.47. The molecule has 88 heavy (non-hydrogen) atoms. The van der Waals surface area contributed by atoms with Crippen LogP contribution in [0.3, 0.4) is 0 Å². The lowest BCUT2D eigenvalue weighted by molar-refractivity contribution is -0.164. The molecule has 24 nitrogen and oxygen atoms in total. The first-order valence-corrected chi connectivity index (χ1v) is 31.1. The summed E-state index contributed by atoms with van der Waals surface area (Å²) in [6.45, 7) is 24.9. The van der Waals surface area contributed by atoms with Crippen LogP contribution in [0.5, 0.6) is 0 Å². The SMILES string of the molecule is [2H]/C(=C\CC(C)C(OC(C)=O)C1C(=O)NC(CC)C(=O)N(C)CC(=O)N(C)C(CC(C)C)C(=O)NC(C(C)C)C(=O)N(C)C(CC(C)C)C(=O)NC(C)C(=O)NC(C)C(=O)N(C)C(CC(C)C)C(=O)N(C)C(CC(C)C)C(=O)N(C)C(C(C)C)C(=O)N1C)C([2H])([2H])[2H]. The van der Waals surface area contributed by atoms with Crippen LogP contribution in [0.4, 0.5) is 0 Å².